The first-order valence-corrected chi connectivity index (χ1v) is 8.30. The van der Waals surface area contributed by atoms with Gasteiger partial charge in [0.15, 0.2) is 0 Å². The molecular weight excluding hydrogens is 366 g/mol. The summed E-state index contributed by atoms with van der Waals surface area (Å²) in [5.74, 6) is 0. The third-order valence-electron chi connectivity index (χ3n) is 4.20. The van der Waals surface area contributed by atoms with Crippen molar-refractivity contribution in [1.29, 1.82) is 0 Å². The molecule has 2 N–H and O–H groups in total. The minimum atomic E-state index is -0.0989. The Balaban J connectivity index is 2.21. The van der Waals surface area contributed by atoms with Crippen molar-refractivity contribution in [1.82, 2.24) is 9.55 Å². The number of nitrogens with two attached hydrogens (primary N) is 1. The second-order valence-corrected chi connectivity index (χ2v) is 6.69. The van der Waals surface area contributed by atoms with E-state index >= 15 is 0 Å². The Kier molecular flexibility index (Phi) is 3.39. The van der Waals surface area contributed by atoms with Gasteiger partial charge in [0.1, 0.15) is 0 Å². The van der Waals surface area contributed by atoms with Crippen LogP contribution in [0.3, 0.4) is 0 Å². The number of hydrogen-bond donors (Lipinski definition) is 1. The summed E-state index contributed by atoms with van der Waals surface area (Å²) in [5, 5.41) is 1.82. The minimum Gasteiger partial charge on any atom is -0.398 e. The van der Waals surface area contributed by atoms with Gasteiger partial charge in [-0.3, -0.25) is 14.3 Å². The Labute approximate surface area is 146 Å². The lowest BCUT2D eigenvalue weighted by Crippen LogP contribution is -2.18. The molecule has 118 valence electrons. The molecule has 0 saturated heterocycles. The first-order valence-electron chi connectivity index (χ1n) is 7.51. The highest BCUT2D eigenvalue weighted by Gasteiger charge is 2.11. The van der Waals surface area contributed by atoms with Crippen molar-refractivity contribution in [2.45, 2.75) is 6.92 Å². The van der Waals surface area contributed by atoms with E-state index in [1.807, 2.05) is 43.3 Å². The lowest BCUT2D eigenvalue weighted by molar-refractivity contribution is 1.05. The number of pyridine rings is 2. The summed E-state index contributed by atoms with van der Waals surface area (Å²) in [7, 11) is 0. The van der Waals surface area contributed by atoms with E-state index in [0.717, 1.165) is 37.5 Å². The molecule has 0 aliphatic carbocycles. The van der Waals surface area contributed by atoms with Crippen LogP contribution in [0.25, 0.3) is 27.5 Å². The zero-order chi connectivity index (χ0) is 16.8. The molecule has 0 unspecified atom stereocenters. The number of anilines is 1. The van der Waals surface area contributed by atoms with E-state index in [-0.39, 0.29) is 5.56 Å². The van der Waals surface area contributed by atoms with E-state index < -0.39 is 0 Å². The zero-order valence-corrected chi connectivity index (χ0v) is 14.5. The second kappa shape index (κ2) is 5.46. The zero-order valence-electron chi connectivity index (χ0n) is 13.0. The lowest BCUT2D eigenvalue weighted by atomic mass is 10.1. The topological polar surface area (TPSA) is 60.9 Å². The molecule has 0 amide bonds. The molecule has 0 fully saturated rings. The fraction of sp³-hybridized carbons (Fsp3) is 0.0526. The van der Waals surface area contributed by atoms with Crippen molar-refractivity contribution in [3.63, 3.8) is 0 Å². The van der Waals surface area contributed by atoms with Gasteiger partial charge in [0.25, 0.3) is 5.56 Å². The van der Waals surface area contributed by atoms with Crippen LogP contribution in [-0.2, 0) is 0 Å². The smallest absolute Gasteiger partial charge is 0.255 e. The Hall–Kier alpha value is -2.66. The van der Waals surface area contributed by atoms with Gasteiger partial charge in [0.2, 0.25) is 0 Å². The number of aryl methyl sites for hydroxylation is 1. The highest BCUT2D eigenvalue weighted by atomic mass is 79.9. The van der Waals surface area contributed by atoms with Crippen LogP contribution in [0.15, 0.2) is 64.0 Å². The Morgan fingerprint density at radius 3 is 2.71 bits per heavy atom. The number of aromatic nitrogens is 2. The molecule has 0 atom stereocenters. The fourth-order valence-corrected chi connectivity index (χ4v) is 3.27. The normalized spacial score (nSPS) is 11.2. The highest BCUT2D eigenvalue weighted by Crippen LogP contribution is 2.28. The minimum absolute atomic E-state index is 0.0989. The molecule has 2 heterocycles. The van der Waals surface area contributed by atoms with Crippen LogP contribution in [0.2, 0.25) is 0 Å². The van der Waals surface area contributed by atoms with Crippen LogP contribution >= 0.6 is 15.9 Å². The molecule has 0 aliphatic heterocycles. The van der Waals surface area contributed by atoms with Crippen LogP contribution < -0.4 is 11.3 Å². The van der Waals surface area contributed by atoms with Crippen molar-refractivity contribution in [2.75, 3.05) is 5.73 Å². The Morgan fingerprint density at radius 2 is 1.92 bits per heavy atom. The number of halogens is 1. The van der Waals surface area contributed by atoms with E-state index in [1.54, 1.807) is 22.9 Å². The largest absolute Gasteiger partial charge is 0.398 e. The lowest BCUT2D eigenvalue weighted by Gasteiger charge is -2.13. The third-order valence-corrected chi connectivity index (χ3v) is 4.69. The predicted octanol–water partition coefficient (Wildman–Crippen LogP) is 4.19. The first-order chi connectivity index (χ1) is 11.5. The fourth-order valence-electron chi connectivity index (χ4n) is 2.91. The third kappa shape index (κ3) is 2.29. The van der Waals surface area contributed by atoms with E-state index in [1.165, 1.54) is 0 Å². The predicted molar refractivity (Wildman–Crippen MR) is 102 cm³/mol. The Bertz CT molecular complexity index is 1160. The van der Waals surface area contributed by atoms with Crippen molar-refractivity contribution in [3.8, 4) is 5.69 Å². The van der Waals surface area contributed by atoms with Crippen LogP contribution in [0.5, 0.6) is 0 Å². The van der Waals surface area contributed by atoms with Crippen LogP contribution in [0, 0.1) is 6.92 Å². The quantitative estimate of drug-likeness (QED) is 0.398. The molecule has 4 nitrogen and oxygen atoms in total. The number of fused-ring (bicyclic) bond motifs is 3. The monoisotopic (exact) mass is 379 g/mol. The summed E-state index contributed by atoms with van der Waals surface area (Å²) < 4.78 is 2.64. The molecule has 0 saturated carbocycles. The van der Waals surface area contributed by atoms with E-state index in [2.05, 4.69) is 20.9 Å². The average molecular weight is 380 g/mol. The van der Waals surface area contributed by atoms with Crippen LogP contribution in [0.1, 0.15) is 5.56 Å². The number of nitrogens with zero attached hydrogens (tertiary/aromatic N) is 2. The van der Waals surface area contributed by atoms with Gasteiger partial charge in [-0.15, -0.1) is 0 Å². The molecule has 4 aromatic rings. The molecule has 0 spiro atoms. The Morgan fingerprint density at radius 1 is 1.08 bits per heavy atom. The SMILES string of the molecule is Cc1ccc(-n2c(=O)ccc3cnc4ccc(Br)cc4c32)cc1N. The summed E-state index contributed by atoms with van der Waals surface area (Å²) >= 11 is 3.50. The van der Waals surface area contributed by atoms with Gasteiger partial charge >= 0.3 is 0 Å². The second-order valence-electron chi connectivity index (χ2n) is 5.77. The number of rotatable bonds is 1. The number of hydrogen-bond acceptors (Lipinski definition) is 3. The van der Waals surface area contributed by atoms with Crippen molar-refractivity contribution in [2.24, 2.45) is 0 Å². The maximum atomic E-state index is 12.6. The van der Waals surface area contributed by atoms with Gasteiger partial charge in [-0.25, -0.2) is 0 Å². The van der Waals surface area contributed by atoms with E-state index in [4.69, 9.17) is 5.73 Å². The van der Waals surface area contributed by atoms with Crippen LogP contribution in [0.4, 0.5) is 5.69 Å². The standard InChI is InChI=1S/C19H14BrN3O/c1-11-2-5-14(9-16(11)21)23-18(24)7-3-12-10-22-17-6-4-13(20)8-15(17)19(12)23/h2-10H,21H2,1H3. The van der Waals surface area contributed by atoms with E-state index in [9.17, 15) is 4.79 Å². The summed E-state index contributed by atoms with van der Waals surface area (Å²) in [6, 6.07) is 14.9. The summed E-state index contributed by atoms with van der Waals surface area (Å²) in [4.78, 5) is 17.1. The average Bonchev–Trinajstić information content (AvgIpc) is 2.57. The van der Waals surface area contributed by atoms with Crippen molar-refractivity contribution in [3.05, 3.63) is 75.1 Å². The maximum absolute atomic E-state index is 12.6. The maximum Gasteiger partial charge on any atom is 0.255 e. The molecule has 0 aliphatic rings. The molecular formula is C19H14BrN3O. The van der Waals surface area contributed by atoms with Crippen LogP contribution in [-0.4, -0.2) is 9.55 Å². The molecule has 24 heavy (non-hydrogen) atoms. The molecule has 2 aromatic carbocycles. The molecule has 2 aromatic heterocycles. The van der Waals surface area contributed by atoms with Gasteiger partial charge in [0.05, 0.1) is 16.7 Å². The van der Waals surface area contributed by atoms with Gasteiger partial charge < -0.3 is 5.73 Å². The summed E-state index contributed by atoms with van der Waals surface area (Å²) in [5.41, 5.74) is 10.0. The number of benzene rings is 2. The van der Waals surface area contributed by atoms with Gasteiger partial charge in [0, 0.05) is 33.2 Å². The molecule has 5 heteroatoms. The first kappa shape index (κ1) is 14.9. The van der Waals surface area contributed by atoms with Gasteiger partial charge in [-0.2, -0.15) is 0 Å². The van der Waals surface area contributed by atoms with Gasteiger partial charge in [-0.1, -0.05) is 22.0 Å². The molecule has 0 radical (unpaired) electrons. The molecule has 4 rings (SSSR count). The van der Waals surface area contributed by atoms with Crippen molar-refractivity contribution < 1.29 is 0 Å². The number of nitrogen functional groups attached to an aromatic ring is 1. The van der Waals surface area contributed by atoms with Crippen molar-refractivity contribution >= 4 is 43.4 Å². The van der Waals surface area contributed by atoms with Gasteiger partial charge in [-0.05, 0) is 48.9 Å². The van der Waals surface area contributed by atoms with E-state index in [0.29, 0.717) is 5.69 Å². The highest BCUT2D eigenvalue weighted by molar-refractivity contribution is 9.10. The molecule has 0 bridgehead atoms. The summed E-state index contributed by atoms with van der Waals surface area (Å²) in [6.45, 7) is 1.95. The summed E-state index contributed by atoms with van der Waals surface area (Å²) in [6.07, 6.45) is 1.79.